The largest absolute Gasteiger partial charge is 0.349 e. The van der Waals surface area contributed by atoms with E-state index in [-0.39, 0.29) is 11.7 Å². The van der Waals surface area contributed by atoms with Crippen LogP contribution < -0.4 is 11.0 Å². The molecule has 2 aromatic heterocycles. The average Bonchev–Trinajstić information content (AvgIpc) is 3.08. The molecule has 0 saturated heterocycles. The summed E-state index contributed by atoms with van der Waals surface area (Å²) in [4.78, 5) is 25.4. The van der Waals surface area contributed by atoms with Crippen molar-refractivity contribution in [1.82, 2.24) is 29.9 Å². The SMILES string of the molecule is Cn1nc(C(=O)NCCCn2ncc3ccccc32)[nH]c1=O. The van der Waals surface area contributed by atoms with Crippen molar-refractivity contribution < 1.29 is 4.79 Å². The molecule has 1 amide bonds. The van der Waals surface area contributed by atoms with Crippen molar-refractivity contribution in [1.29, 1.82) is 0 Å². The molecule has 0 aliphatic heterocycles. The predicted molar refractivity (Wildman–Crippen MR) is 80.5 cm³/mol. The Morgan fingerprint density at radius 3 is 2.95 bits per heavy atom. The number of aromatic amines is 1. The molecule has 0 atom stereocenters. The Hall–Kier alpha value is -2.90. The molecule has 0 bridgehead atoms. The van der Waals surface area contributed by atoms with E-state index in [1.54, 1.807) is 0 Å². The fourth-order valence-electron chi connectivity index (χ4n) is 2.22. The summed E-state index contributed by atoms with van der Waals surface area (Å²) in [6.07, 6.45) is 2.56. The van der Waals surface area contributed by atoms with Crippen LogP contribution in [0.5, 0.6) is 0 Å². The third kappa shape index (κ3) is 2.76. The number of aryl methyl sites for hydroxylation is 2. The third-order valence-electron chi connectivity index (χ3n) is 3.37. The summed E-state index contributed by atoms with van der Waals surface area (Å²) in [5.74, 6) is -0.361. The van der Waals surface area contributed by atoms with Gasteiger partial charge in [-0.2, -0.15) is 5.10 Å². The molecule has 8 nitrogen and oxygen atoms in total. The molecule has 0 radical (unpaired) electrons. The van der Waals surface area contributed by atoms with Crippen LogP contribution in [0.3, 0.4) is 0 Å². The van der Waals surface area contributed by atoms with Crippen molar-refractivity contribution in [3.8, 4) is 0 Å². The first-order valence-electron chi connectivity index (χ1n) is 6.97. The summed E-state index contributed by atoms with van der Waals surface area (Å²) in [5.41, 5.74) is 0.663. The van der Waals surface area contributed by atoms with Gasteiger partial charge in [-0.15, -0.1) is 5.10 Å². The van der Waals surface area contributed by atoms with Crippen LogP contribution in [0.2, 0.25) is 0 Å². The third-order valence-corrected chi connectivity index (χ3v) is 3.37. The van der Waals surface area contributed by atoms with Gasteiger partial charge in [0.05, 0.1) is 11.7 Å². The maximum absolute atomic E-state index is 11.8. The highest BCUT2D eigenvalue weighted by atomic mass is 16.2. The molecule has 0 fully saturated rings. The first-order chi connectivity index (χ1) is 10.6. The molecule has 2 N–H and O–H groups in total. The van der Waals surface area contributed by atoms with Crippen LogP contribution in [0.15, 0.2) is 35.3 Å². The number of carbonyl (C=O) groups is 1. The monoisotopic (exact) mass is 300 g/mol. The number of hydrogen-bond acceptors (Lipinski definition) is 4. The van der Waals surface area contributed by atoms with E-state index in [1.165, 1.54) is 7.05 Å². The highest BCUT2D eigenvalue weighted by Gasteiger charge is 2.10. The Morgan fingerprint density at radius 2 is 2.18 bits per heavy atom. The molecule has 8 heteroatoms. The smallest absolute Gasteiger partial charge is 0.343 e. The minimum atomic E-state index is -0.409. The van der Waals surface area contributed by atoms with Crippen molar-refractivity contribution in [2.45, 2.75) is 13.0 Å². The minimum Gasteiger partial charge on any atom is -0.349 e. The van der Waals surface area contributed by atoms with Crippen LogP contribution in [0.25, 0.3) is 10.9 Å². The zero-order valence-corrected chi connectivity index (χ0v) is 12.1. The zero-order chi connectivity index (χ0) is 15.5. The average molecular weight is 300 g/mol. The Bertz CT molecular complexity index is 859. The second-order valence-electron chi connectivity index (χ2n) is 4.94. The van der Waals surface area contributed by atoms with Crippen molar-refractivity contribution in [2.75, 3.05) is 6.54 Å². The van der Waals surface area contributed by atoms with Gasteiger partial charge >= 0.3 is 5.69 Å². The number of nitrogens with one attached hydrogen (secondary N) is 2. The van der Waals surface area contributed by atoms with E-state index < -0.39 is 5.69 Å². The molecule has 114 valence electrons. The lowest BCUT2D eigenvalue weighted by molar-refractivity contribution is 0.0942. The van der Waals surface area contributed by atoms with E-state index in [1.807, 2.05) is 35.1 Å². The lowest BCUT2D eigenvalue weighted by Crippen LogP contribution is -2.26. The van der Waals surface area contributed by atoms with Gasteiger partial charge in [0.15, 0.2) is 0 Å². The molecule has 22 heavy (non-hydrogen) atoms. The number of para-hydroxylation sites is 1. The lowest BCUT2D eigenvalue weighted by Gasteiger charge is -2.04. The quantitative estimate of drug-likeness (QED) is 0.661. The number of amides is 1. The molecule has 3 aromatic rings. The maximum atomic E-state index is 11.8. The molecule has 0 spiro atoms. The first kappa shape index (κ1) is 14.1. The summed E-state index contributed by atoms with van der Waals surface area (Å²) in [6, 6.07) is 7.97. The number of rotatable bonds is 5. The highest BCUT2D eigenvalue weighted by Crippen LogP contribution is 2.12. The van der Waals surface area contributed by atoms with Gasteiger partial charge in [-0.3, -0.25) is 14.5 Å². The fourth-order valence-corrected chi connectivity index (χ4v) is 2.22. The zero-order valence-electron chi connectivity index (χ0n) is 12.1. The lowest BCUT2D eigenvalue weighted by atomic mass is 10.2. The Kier molecular flexibility index (Phi) is 3.73. The van der Waals surface area contributed by atoms with Gasteiger partial charge in [-0.25, -0.2) is 9.48 Å². The standard InChI is InChI=1S/C14H16N6O2/c1-19-14(22)17-12(18-19)13(21)15-7-4-8-20-11-6-3-2-5-10(11)9-16-20/h2-3,5-6,9H,4,7-8H2,1H3,(H,15,21)(H,17,18,22). The van der Waals surface area contributed by atoms with Crippen LogP contribution in [0, 0.1) is 0 Å². The van der Waals surface area contributed by atoms with Gasteiger partial charge in [-0.05, 0) is 12.5 Å². The predicted octanol–water partition coefficient (Wildman–Crippen LogP) is 0.278. The fraction of sp³-hybridized carbons (Fsp3) is 0.286. The van der Waals surface area contributed by atoms with Crippen LogP contribution in [-0.4, -0.2) is 37.0 Å². The first-order valence-corrected chi connectivity index (χ1v) is 6.97. The minimum absolute atomic E-state index is 0.0250. The molecule has 3 rings (SSSR count). The van der Waals surface area contributed by atoms with Gasteiger partial charge in [0.1, 0.15) is 0 Å². The Balaban J connectivity index is 1.53. The summed E-state index contributed by atoms with van der Waals surface area (Å²) >= 11 is 0. The number of nitrogens with zero attached hydrogens (tertiary/aromatic N) is 4. The molecule has 0 aliphatic rings. The Labute approximate surface area is 125 Å². The van der Waals surface area contributed by atoms with Crippen LogP contribution in [0.4, 0.5) is 0 Å². The van der Waals surface area contributed by atoms with Gasteiger partial charge < -0.3 is 5.32 Å². The van der Waals surface area contributed by atoms with E-state index in [9.17, 15) is 9.59 Å². The number of hydrogen-bond donors (Lipinski definition) is 2. The van der Waals surface area contributed by atoms with Crippen LogP contribution in [0.1, 0.15) is 17.0 Å². The molecule has 1 aromatic carbocycles. The second kappa shape index (κ2) is 5.84. The van der Waals surface area contributed by atoms with Gasteiger partial charge in [0.25, 0.3) is 5.91 Å². The van der Waals surface area contributed by atoms with Gasteiger partial charge in [-0.1, -0.05) is 18.2 Å². The second-order valence-corrected chi connectivity index (χ2v) is 4.94. The Morgan fingerprint density at radius 1 is 1.36 bits per heavy atom. The molecule has 0 unspecified atom stereocenters. The van der Waals surface area contributed by atoms with Crippen LogP contribution >= 0.6 is 0 Å². The summed E-state index contributed by atoms with van der Waals surface area (Å²) < 4.78 is 2.99. The van der Waals surface area contributed by atoms with E-state index >= 15 is 0 Å². The number of aromatic nitrogens is 5. The van der Waals surface area contributed by atoms with E-state index in [0.29, 0.717) is 13.1 Å². The molecule has 0 aliphatic carbocycles. The molecular weight excluding hydrogens is 284 g/mol. The molecular formula is C14H16N6O2. The number of carbonyl (C=O) groups excluding carboxylic acids is 1. The highest BCUT2D eigenvalue weighted by molar-refractivity contribution is 5.90. The normalized spacial score (nSPS) is 11.0. The summed E-state index contributed by atoms with van der Waals surface area (Å²) in [7, 11) is 1.48. The number of fused-ring (bicyclic) bond motifs is 1. The van der Waals surface area contributed by atoms with E-state index in [4.69, 9.17) is 0 Å². The topological polar surface area (TPSA) is 97.6 Å². The summed E-state index contributed by atoms with van der Waals surface area (Å²) in [6.45, 7) is 1.18. The van der Waals surface area contributed by atoms with Gasteiger partial charge in [0.2, 0.25) is 5.82 Å². The van der Waals surface area contributed by atoms with E-state index in [2.05, 4.69) is 20.5 Å². The molecule has 2 heterocycles. The molecule has 0 saturated carbocycles. The van der Waals surface area contributed by atoms with Crippen molar-refractivity contribution in [3.63, 3.8) is 0 Å². The maximum Gasteiger partial charge on any atom is 0.343 e. The van der Waals surface area contributed by atoms with Crippen molar-refractivity contribution in [2.24, 2.45) is 7.05 Å². The van der Waals surface area contributed by atoms with Gasteiger partial charge in [0, 0.05) is 25.5 Å². The number of benzene rings is 1. The summed E-state index contributed by atoms with van der Waals surface area (Å²) in [5, 5.41) is 11.9. The van der Waals surface area contributed by atoms with E-state index in [0.717, 1.165) is 22.0 Å². The van der Waals surface area contributed by atoms with Crippen molar-refractivity contribution >= 4 is 16.8 Å². The van der Waals surface area contributed by atoms with Crippen molar-refractivity contribution in [3.05, 3.63) is 46.8 Å². The van der Waals surface area contributed by atoms with Crippen LogP contribution in [-0.2, 0) is 13.6 Å². The number of H-pyrrole nitrogens is 1.